The van der Waals surface area contributed by atoms with E-state index in [1.54, 1.807) is 6.20 Å². The minimum atomic E-state index is 0.0244. The van der Waals surface area contributed by atoms with E-state index in [1.807, 2.05) is 42.7 Å². The Hall–Kier alpha value is -2.30. The molecular formula is C16H16N4. The van der Waals surface area contributed by atoms with E-state index in [1.165, 1.54) is 0 Å². The van der Waals surface area contributed by atoms with Gasteiger partial charge >= 0.3 is 0 Å². The number of hydrogen-bond acceptors (Lipinski definition) is 4. The topological polar surface area (TPSA) is 63.8 Å². The Morgan fingerprint density at radius 2 is 2.00 bits per heavy atom. The molecule has 3 aromatic rings. The number of para-hydroxylation sites is 1. The molecule has 0 fully saturated rings. The van der Waals surface area contributed by atoms with E-state index in [9.17, 15) is 0 Å². The van der Waals surface area contributed by atoms with Gasteiger partial charge in [-0.05, 0) is 35.7 Å². The molecule has 3 rings (SSSR count). The van der Waals surface area contributed by atoms with Crippen molar-refractivity contribution in [1.29, 1.82) is 0 Å². The van der Waals surface area contributed by atoms with E-state index < -0.39 is 0 Å². The van der Waals surface area contributed by atoms with E-state index in [-0.39, 0.29) is 6.04 Å². The van der Waals surface area contributed by atoms with E-state index in [4.69, 9.17) is 5.84 Å². The van der Waals surface area contributed by atoms with Gasteiger partial charge in [0, 0.05) is 24.0 Å². The smallest absolute Gasteiger partial charge is 0.0702 e. The second-order valence-electron chi connectivity index (χ2n) is 4.75. The van der Waals surface area contributed by atoms with Crippen LogP contribution in [0.25, 0.3) is 10.9 Å². The maximum atomic E-state index is 5.70. The zero-order chi connectivity index (χ0) is 13.8. The first-order valence-corrected chi connectivity index (χ1v) is 6.56. The van der Waals surface area contributed by atoms with Gasteiger partial charge in [-0.3, -0.25) is 21.2 Å². The molecule has 1 aromatic carbocycles. The predicted molar refractivity (Wildman–Crippen MR) is 79.7 cm³/mol. The van der Waals surface area contributed by atoms with Gasteiger partial charge in [-0.25, -0.2) is 0 Å². The standard InChI is InChI=1S/C16H16N4/c17-20-16(8-12-4-3-7-18-10-12)14-9-13-5-1-2-6-15(13)19-11-14/h1-7,9-11,16,20H,8,17H2. The summed E-state index contributed by atoms with van der Waals surface area (Å²) < 4.78 is 0. The molecule has 3 N–H and O–H groups in total. The molecule has 0 aliphatic carbocycles. The predicted octanol–water partition coefficient (Wildman–Crippen LogP) is 2.38. The molecule has 4 nitrogen and oxygen atoms in total. The molecule has 0 aliphatic rings. The Labute approximate surface area is 117 Å². The zero-order valence-corrected chi connectivity index (χ0v) is 11.0. The molecule has 0 amide bonds. The second-order valence-corrected chi connectivity index (χ2v) is 4.75. The van der Waals surface area contributed by atoms with Crippen LogP contribution in [0.4, 0.5) is 0 Å². The Morgan fingerprint density at radius 3 is 2.80 bits per heavy atom. The summed E-state index contributed by atoms with van der Waals surface area (Å²) in [5, 5.41) is 1.12. The molecule has 1 unspecified atom stereocenters. The van der Waals surface area contributed by atoms with Crippen molar-refractivity contribution in [2.75, 3.05) is 0 Å². The van der Waals surface area contributed by atoms with Gasteiger partial charge in [-0.2, -0.15) is 0 Å². The van der Waals surface area contributed by atoms with E-state index in [0.29, 0.717) is 0 Å². The summed E-state index contributed by atoms with van der Waals surface area (Å²) in [4.78, 5) is 8.61. The van der Waals surface area contributed by atoms with Gasteiger partial charge in [-0.15, -0.1) is 0 Å². The maximum absolute atomic E-state index is 5.70. The molecule has 0 bridgehead atoms. The molecule has 1 atom stereocenters. The number of hydrazine groups is 1. The summed E-state index contributed by atoms with van der Waals surface area (Å²) in [6.45, 7) is 0. The molecule has 20 heavy (non-hydrogen) atoms. The lowest BCUT2D eigenvalue weighted by molar-refractivity contribution is 0.550. The van der Waals surface area contributed by atoms with Gasteiger partial charge < -0.3 is 0 Å². The monoisotopic (exact) mass is 264 g/mol. The van der Waals surface area contributed by atoms with Crippen LogP contribution in [0.2, 0.25) is 0 Å². The quantitative estimate of drug-likeness (QED) is 0.561. The van der Waals surface area contributed by atoms with Gasteiger partial charge in [0.05, 0.1) is 11.6 Å². The number of aromatic nitrogens is 2. The van der Waals surface area contributed by atoms with Crippen molar-refractivity contribution in [3.05, 3.63) is 72.2 Å². The van der Waals surface area contributed by atoms with Crippen LogP contribution >= 0.6 is 0 Å². The van der Waals surface area contributed by atoms with E-state index in [2.05, 4.69) is 27.5 Å². The van der Waals surface area contributed by atoms with Crippen molar-refractivity contribution >= 4 is 10.9 Å². The van der Waals surface area contributed by atoms with Crippen LogP contribution < -0.4 is 11.3 Å². The summed E-state index contributed by atoms with van der Waals surface area (Å²) in [7, 11) is 0. The Morgan fingerprint density at radius 1 is 1.10 bits per heavy atom. The molecule has 0 radical (unpaired) electrons. The van der Waals surface area contributed by atoms with Crippen LogP contribution in [0.15, 0.2) is 61.1 Å². The highest BCUT2D eigenvalue weighted by molar-refractivity contribution is 5.78. The van der Waals surface area contributed by atoms with Gasteiger partial charge in [0.1, 0.15) is 0 Å². The highest BCUT2D eigenvalue weighted by Gasteiger charge is 2.11. The Kier molecular flexibility index (Phi) is 3.67. The van der Waals surface area contributed by atoms with Crippen molar-refractivity contribution in [1.82, 2.24) is 15.4 Å². The summed E-state index contributed by atoms with van der Waals surface area (Å²) in [5.41, 5.74) is 6.08. The minimum Gasteiger partial charge on any atom is -0.271 e. The van der Waals surface area contributed by atoms with Crippen LogP contribution in [0.1, 0.15) is 17.2 Å². The number of fused-ring (bicyclic) bond motifs is 1. The molecule has 0 aliphatic heterocycles. The molecule has 2 aromatic heterocycles. The highest BCUT2D eigenvalue weighted by atomic mass is 15.2. The lowest BCUT2D eigenvalue weighted by Gasteiger charge is -2.16. The third-order valence-electron chi connectivity index (χ3n) is 3.38. The first-order chi connectivity index (χ1) is 9.86. The molecule has 0 spiro atoms. The first kappa shape index (κ1) is 12.7. The Bertz CT molecular complexity index is 697. The number of nitrogens with two attached hydrogens (primary N) is 1. The van der Waals surface area contributed by atoms with Crippen LogP contribution in [-0.2, 0) is 6.42 Å². The van der Waals surface area contributed by atoms with Crippen LogP contribution in [-0.4, -0.2) is 9.97 Å². The fourth-order valence-electron chi connectivity index (χ4n) is 2.31. The number of hydrogen-bond donors (Lipinski definition) is 2. The summed E-state index contributed by atoms with van der Waals surface area (Å²) in [6, 6.07) is 14.2. The van der Waals surface area contributed by atoms with Crippen LogP contribution in [0, 0.1) is 0 Å². The fourth-order valence-corrected chi connectivity index (χ4v) is 2.31. The number of rotatable bonds is 4. The maximum Gasteiger partial charge on any atom is 0.0702 e. The van der Waals surface area contributed by atoms with Crippen molar-refractivity contribution in [3.8, 4) is 0 Å². The van der Waals surface area contributed by atoms with Crippen molar-refractivity contribution in [3.63, 3.8) is 0 Å². The van der Waals surface area contributed by atoms with Crippen molar-refractivity contribution < 1.29 is 0 Å². The van der Waals surface area contributed by atoms with Gasteiger partial charge in [0.15, 0.2) is 0 Å². The van der Waals surface area contributed by atoms with Gasteiger partial charge in [0.25, 0.3) is 0 Å². The van der Waals surface area contributed by atoms with Crippen molar-refractivity contribution in [2.24, 2.45) is 5.84 Å². The van der Waals surface area contributed by atoms with E-state index in [0.717, 1.165) is 28.5 Å². The van der Waals surface area contributed by atoms with Gasteiger partial charge in [-0.1, -0.05) is 24.3 Å². The Balaban J connectivity index is 1.91. The fraction of sp³-hybridized carbons (Fsp3) is 0.125. The lowest BCUT2D eigenvalue weighted by Crippen LogP contribution is -2.29. The molecule has 0 saturated carbocycles. The third kappa shape index (κ3) is 2.66. The molecule has 4 heteroatoms. The molecule has 100 valence electrons. The zero-order valence-electron chi connectivity index (χ0n) is 11.0. The summed E-state index contributed by atoms with van der Waals surface area (Å²) in [6.07, 6.45) is 6.29. The van der Waals surface area contributed by atoms with Crippen LogP contribution in [0.5, 0.6) is 0 Å². The van der Waals surface area contributed by atoms with E-state index >= 15 is 0 Å². The molecule has 2 heterocycles. The third-order valence-corrected chi connectivity index (χ3v) is 3.38. The second kappa shape index (κ2) is 5.77. The molecule has 0 saturated heterocycles. The average Bonchev–Trinajstić information content (AvgIpc) is 2.53. The number of nitrogens with one attached hydrogen (secondary N) is 1. The average molecular weight is 264 g/mol. The van der Waals surface area contributed by atoms with Gasteiger partial charge in [0.2, 0.25) is 0 Å². The number of pyridine rings is 2. The number of nitrogens with zero attached hydrogens (tertiary/aromatic N) is 2. The largest absolute Gasteiger partial charge is 0.271 e. The SMILES string of the molecule is NNC(Cc1cccnc1)c1cnc2ccccc2c1. The lowest BCUT2D eigenvalue weighted by atomic mass is 10.0. The van der Waals surface area contributed by atoms with Crippen molar-refractivity contribution in [2.45, 2.75) is 12.5 Å². The highest BCUT2D eigenvalue weighted by Crippen LogP contribution is 2.20. The van der Waals surface area contributed by atoms with Crippen LogP contribution in [0.3, 0.4) is 0 Å². The first-order valence-electron chi connectivity index (χ1n) is 6.56. The summed E-state index contributed by atoms with van der Waals surface area (Å²) in [5.74, 6) is 5.70. The number of benzene rings is 1. The normalized spacial score (nSPS) is 12.4. The summed E-state index contributed by atoms with van der Waals surface area (Å²) >= 11 is 0. The minimum absolute atomic E-state index is 0.0244. The molecular weight excluding hydrogens is 248 g/mol.